The quantitative estimate of drug-likeness (QED) is 0.937. The number of amides is 1. The van der Waals surface area contributed by atoms with Crippen molar-refractivity contribution in [2.24, 2.45) is 0 Å². The van der Waals surface area contributed by atoms with Gasteiger partial charge >= 0.3 is 5.97 Å². The number of rotatable bonds is 3. The first-order valence-corrected chi connectivity index (χ1v) is 7.95. The summed E-state index contributed by atoms with van der Waals surface area (Å²) in [5.41, 5.74) is 2.44. The van der Waals surface area contributed by atoms with Crippen LogP contribution in [-0.4, -0.2) is 44.9 Å². The Balaban J connectivity index is 1.80. The van der Waals surface area contributed by atoms with Gasteiger partial charge < -0.3 is 10.0 Å². The maximum Gasteiger partial charge on any atom is 0.335 e. The number of carbonyl (C=O) groups excluding carboxylic acids is 1. The molecule has 1 aromatic heterocycles. The number of carboxylic acid groups (broad SMARTS) is 1. The van der Waals surface area contributed by atoms with E-state index in [1.165, 1.54) is 6.33 Å². The summed E-state index contributed by atoms with van der Waals surface area (Å²) in [5.74, 6) is -0.850. The normalized spacial score (nSPS) is 17.5. The van der Waals surface area contributed by atoms with Crippen molar-refractivity contribution in [1.29, 1.82) is 0 Å². The number of aromatic nitrogens is 2. The first kappa shape index (κ1) is 16.1. The van der Waals surface area contributed by atoms with Crippen molar-refractivity contribution < 1.29 is 14.7 Å². The lowest BCUT2D eigenvalue weighted by atomic mass is 9.89. The summed E-state index contributed by atoms with van der Waals surface area (Å²) in [6.07, 6.45) is 4.82. The number of aryl methyl sites for hydroxylation is 1. The lowest BCUT2D eigenvalue weighted by molar-refractivity contribution is 0.0687. The standard InChI is InChI=1S/C18H19N3O3/c1-12-16(9-19-11-20-12)17(22)21-7-3-6-15(10-21)13-4-2-5-14(8-13)18(23)24/h2,4-5,8-9,11,15H,3,6-7,10H2,1H3,(H,23,24)/t15-/m0/s1. The Morgan fingerprint density at radius 1 is 1.33 bits per heavy atom. The molecule has 1 aliphatic heterocycles. The highest BCUT2D eigenvalue weighted by Gasteiger charge is 2.27. The minimum atomic E-state index is -0.933. The van der Waals surface area contributed by atoms with Gasteiger partial charge in [-0.15, -0.1) is 0 Å². The van der Waals surface area contributed by atoms with Crippen LogP contribution in [0.3, 0.4) is 0 Å². The minimum absolute atomic E-state index is 0.0628. The van der Waals surface area contributed by atoms with Gasteiger partial charge in [0.2, 0.25) is 0 Å². The van der Waals surface area contributed by atoms with E-state index in [-0.39, 0.29) is 17.4 Å². The van der Waals surface area contributed by atoms with Crippen LogP contribution in [0.2, 0.25) is 0 Å². The highest BCUT2D eigenvalue weighted by atomic mass is 16.4. The van der Waals surface area contributed by atoms with Crippen LogP contribution in [0, 0.1) is 6.92 Å². The largest absolute Gasteiger partial charge is 0.478 e. The molecule has 124 valence electrons. The van der Waals surface area contributed by atoms with Gasteiger partial charge in [0.05, 0.1) is 16.8 Å². The number of hydrogen-bond acceptors (Lipinski definition) is 4. The van der Waals surface area contributed by atoms with Crippen LogP contribution in [0.1, 0.15) is 50.7 Å². The average molecular weight is 325 g/mol. The molecule has 0 spiro atoms. The van der Waals surface area contributed by atoms with Crippen molar-refractivity contribution in [2.45, 2.75) is 25.7 Å². The van der Waals surface area contributed by atoms with Gasteiger partial charge in [-0.2, -0.15) is 0 Å². The fourth-order valence-electron chi connectivity index (χ4n) is 3.13. The fraction of sp³-hybridized carbons (Fsp3) is 0.333. The molecule has 0 bridgehead atoms. The average Bonchev–Trinajstić information content (AvgIpc) is 2.62. The topological polar surface area (TPSA) is 83.4 Å². The van der Waals surface area contributed by atoms with Gasteiger partial charge in [0.15, 0.2) is 0 Å². The van der Waals surface area contributed by atoms with Crippen LogP contribution in [0.5, 0.6) is 0 Å². The molecular weight excluding hydrogens is 306 g/mol. The molecule has 6 heteroatoms. The number of carbonyl (C=O) groups is 2. The van der Waals surface area contributed by atoms with Crippen LogP contribution in [0.4, 0.5) is 0 Å². The van der Waals surface area contributed by atoms with E-state index in [4.69, 9.17) is 5.11 Å². The number of piperidine rings is 1. The third-order valence-electron chi connectivity index (χ3n) is 4.46. The Kier molecular flexibility index (Phi) is 4.55. The van der Waals surface area contributed by atoms with Crippen LogP contribution < -0.4 is 0 Å². The maximum absolute atomic E-state index is 12.7. The second-order valence-corrected chi connectivity index (χ2v) is 6.04. The Morgan fingerprint density at radius 2 is 2.17 bits per heavy atom. The van der Waals surface area contributed by atoms with Crippen LogP contribution >= 0.6 is 0 Å². The zero-order chi connectivity index (χ0) is 17.1. The number of hydrogen-bond donors (Lipinski definition) is 1. The van der Waals surface area contributed by atoms with Crippen molar-refractivity contribution >= 4 is 11.9 Å². The number of benzene rings is 1. The van der Waals surface area contributed by atoms with Crippen LogP contribution in [0.25, 0.3) is 0 Å². The van der Waals surface area contributed by atoms with Gasteiger partial charge in [0, 0.05) is 25.2 Å². The molecule has 1 fully saturated rings. The molecule has 2 heterocycles. The van der Waals surface area contributed by atoms with Crippen LogP contribution in [-0.2, 0) is 0 Å². The van der Waals surface area contributed by atoms with Gasteiger partial charge in [-0.05, 0) is 37.5 Å². The van der Waals surface area contributed by atoms with Gasteiger partial charge in [-0.1, -0.05) is 12.1 Å². The predicted octanol–water partition coefficient (Wildman–Crippen LogP) is 2.50. The lowest BCUT2D eigenvalue weighted by Crippen LogP contribution is -2.39. The summed E-state index contributed by atoms with van der Waals surface area (Å²) in [5, 5.41) is 9.15. The second kappa shape index (κ2) is 6.78. The Bertz CT molecular complexity index is 776. The number of aromatic carboxylic acids is 1. The summed E-state index contributed by atoms with van der Waals surface area (Å²) in [7, 11) is 0. The van der Waals surface area contributed by atoms with E-state index in [1.54, 1.807) is 31.3 Å². The van der Waals surface area contributed by atoms with E-state index in [0.717, 1.165) is 18.4 Å². The number of nitrogens with zero attached hydrogens (tertiary/aromatic N) is 3. The van der Waals surface area contributed by atoms with E-state index in [0.29, 0.717) is 24.3 Å². The van der Waals surface area contributed by atoms with Gasteiger partial charge in [0.25, 0.3) is 5.91 Å². The third-order valence-corrected chi connectivity index (χ3v) is 4.46. The van der Waals surface area contributed by atoms with E-state index >= 15 is 0 Å². The van der Waals surface area contributed by atoms with Crippen molar-refractivity contribution in [2.75, 3.05) is 13.1 Å². The number of likely N-dealkylation sites (tertiary alicyclic amines) is 1. The molecule has 0 radical (unpaired) electrons. The highest BCUT2D eigenvalue weighted by Crippen LogP contribution is 2.28. The van der Waals surface area contributed by atoms with Crippen molar-refractivity contribution in [3.8, 4) is 0 Å². The van der Waals surface area contributed by atoms with Crippen LogP contribution in [0.15, 0.2) is 36.8 Å². The molecule has 6 nitrogen and oxygen atoms in total. The first-order valence-electron chi connectivity index (χ1n) is 7.95. The summed E-state index contributed by atoms with van der Waals surface area (Å²) in [6, 6.07) is 6.98. The molecule has 1 aromatic carbocycles. The molecule has 0 unspecified atom stereocenters. The maximum atomic E-state index is 12.7. The highest BCUT2D eigenvalue weighted by molar-refractivity contribution is 5.95. The Labute approximate surface area is 140 Å². The molecule has 1 aliphatic rings. The molecule has 1 saturated heterocycles. The molecule has 1 atom stereocenters. The second-order valence-electron chi connectivity index (χ2n) is 6.04. The van der Waals surface area contributed by atoms with E-state index in [9.17, 15) is 9.59 Å². The lowest BCUT2D eigenvalue weighted by Gasteiger charge is -2.33. The van der Waals surface area contributed by atoms with Gasteiger partial charge in [-0.25, -0.2) is 14.8 Å². The third kappa shape index (κ3) is 3.27. The number of carboxylic acids is 1. The summed E-state index contributed by atoms with van der Waals surface area (Å²) >= 11 is 0. The minimum Gasteiger partial charge on any atom is -0.478 e. The molecule has 3 rings (SSSR count). The SMILES string of the molecule is Cc1ncncc1C(=O)N1CCC[C@H](c2cccc(C(=O)O)c2)C1. The summed E-state index contributed by atoms with van der Waals surface area (Å²) < 4.78 is 0. The van der Waals surface area contributed by atoms with Gasteiger partial charge in [0.1, 0.15) is 6.33 Å². The molecule has 1 N–H and O–H groups in total. The molecule has 0 aliphatic carbocycles. The van der Waals surface area contributed by atoms with E-state index in [2.05, 4.69) is 9.97 Å². The van der Waals surface area contributed by atoms with Gasteiger partial charge in [-0.3, -0.25) is 4.79 Å². The van der Waals surface area contributed by atoms with Crippen molar-refractivity contribution in [3.63, 3.8) is 0 Å². The fourth-order valence-corrected chi connectivity index (χ4v) is 3.13. The smallest absolute Gasteiger partial charge is 0.335 e. The summed E-state index contributed by atoms with van der Waals surface area (Å²) in [6.45, 7) is 3.07. The Hall–Kier alpha value is -2.76. The van der Waals surface area contributed by atoms with E-state index in [1.807, 2.05) is 11.0 Å². The first-order chi connectivity index (χ1) is 11.6. The van der Waals surface area contributed by atoms with Crippen molar-refractivity contribution in [1.82, 2.24) is 14.9 Å². The van der Waals surface area contributed by atoms with E-state index < -0.39 is 5.97 Å². The predicted molar refractivity (Wildman–Crippen MR) is 88.0 cm³/mol. The molecule has 1 amide bonds. The summed E-state index contributed by atoms with van der Waals surface area (Å²) in [4.78, 5) is 33.7. The molecule has 2 aromatic rings. The monoisotopic (exact) mass is 325 g/mol. The zero-order valence-electron chi connectivity index (χ0n) is 13.5. The molecule has 24 heavy (non-hydrogen) atoms. The zero-order valence-corrected chi connectivity index (χ0v) is 13.5. The molecule has 0 saturated carbocycles. The molecular formula is C18H19N3O3. The Morgan fingerprint density at radius 3 is 2.92 bits per heavy atom. The van der Waals surface area contributed by atoms with Crippen molar-refractivity contribution in [3.05, 3.63) is 59.2 Å².